The number of benzene rings is 1. The maximum absolute atomic E-state index is 12.7. The number of nitrogens with one attached hydrogen (secondary N) is 1. The first-order valence-electron chi connectivity index (χ1n) is 9.69. The van der Waals surface area contributed by atoms with Gasteiger partial charge in [0.15, 0.2) is 5.96 Å². The molecule has 1 aromatic rings. The van der Waals surface area contributed by atoms with Gasteiger partial charge in [-0.15, -0.1) is 0 Å². The van der Waals surface area contributed by atoms with Crippen LogP contribution in [0.4, 0.5) is 0 Å². The van der Waals surface area contributed by atoms with Gasteiger partial charge in [-0.3, -0.25) is 4.99 Å². The Morgan fingerprint density at radius 3 is 2.38 bits per heavy atom. The number of aliphatic imine (C=N–C) groups is 1. The summed E-state index contributed by atoms with van der Waals surface area (Å²) >= 11 is 0. The van der Waals surface area contributed by atoms with Gasteiger partial charge >= 0.3 is 0 Å². The summed E-state index contributed by atoms with van der Waals surface area (Å²) in [5, 5.41) is 3.39. The fourth-order valence-electron chi connectivity index (χ4n) is 3.64. The van der Waals surface area contributed by atoms with E-state index in [1.165, 1.54) is 12.8 Å². The molecule has 0 spiro atoms. The van der Waals surface area contributed by atoms with Crippen LogP contribution in [0.25, 0.3) is 0 Å². The number of nitrogens with zero attached hydrogens (tertiary/aromatic N) is 3. The summed E-state index contributed by atoms with van der Waals surface area (Å²) in [5.74, 6) is 1.47. The highest BCUT2D eigenvalue weighted by Crippen LogP contribution is 2.24. The molecule has 2 fully saturated rings. The fraction of sp³-hybridized carbons (Fsp3) is 0.632. The van der Waals surface area contributed by atoms with E-state index in [1.807, 2.05) is 6.07 Å². The molecule has 0 atom stereocenters. The van der Waals surface area contributed by atoms with Crippen molar-refractivity contribution in [1.29, 1.82) is 0 Å². The number of hydrogen-bond donors (Lipinski definition) is 1. The summed E-state index contributed by atoms with van der Waals surface area (Å²) in [6, 6.07) is 8.73. The fourth-order valence-corrected chi connectivity index (χ4v) is 5.13. The standard InChI is InChI=1S/C19H30N4O2S/c1-2-20-19(22-12-6-7-13-22)21-16-17-10-14-23(15-11-17)26(24,25)18-8-4-3-5-9-18/h3-5,8-9,17H,2,6-7,10-16H2,1H3,(H,20,21). The van der Waals surface area contributed by atoms with Crippen molar-refractivity contribution in [3.8, 4) is 0 Å². The van der Waals surface area contributed by atoms with Crippen molar-refractivity contribution < 1.29 is 8.42 Å². The number of sulfonamides is 1. The molecule has 2 saturated heterocycles. The van der Waals surface area contributed by atoms with Crippen LogP contribution in [0.5, 0.6) is 0 Å². The Hall–Kier alpha value is -1.60. The summed E-state index contributed by atoms with van der Waals surface area (Å²) in [4.78, 5) is 7.55. The highest BCUT2D eigenvalue weighted by atomic mass is 32.2. The first-order valence-corrected chi connectivity index (χ1v) is 11.1. The number of hydrogen-bond acceptors (Lipinski definition) is 3. The predicted octanol–water partition coefficient (Wildman–Crippen LogP) is 2.15. The molecule has 3 rings (SSSR count). The summed E-state index contributed by atoms with van der Waals surface area (Å²) < 4.78 is 27.0. The molecule has 0 aliphatic carbocycles. The number of rotatable bonds is 5. The smallest absolute Gasteiger partial charge is 0.243 e. The van der Waals surface area contributed by atoms with Crippen LogP contribution in [-0.4, -0.2) is 62.9 Å². The maximum Gasteiger partial charge on any atom is 0.243 e. The van der Waals surface area contributed by atoms with Crippen LogP contribution >= 0.6 is 0 Å². The van der Waals surface area contributed by atoms with E-state index in [-0.39, 0.29) is 0 Å². The third-order valence-corrected chi connectivity index (χ3v) is 7.11. The molecular formula is C19H30N4O2S. The number of guanidine groups is 1. The van der Waals surface area contributed by atoms with Gasteiger partial charge in [0.1, 0.15) is 0 Å². The average molecular weight is 379 g/mol. The lowest BCUT2D eigenvalue weighted by atomic mass is 9.98. The Kier molecular flexibility index (Phi) is 6.53. The van der Waals surface area contributed by atoms with Crippen LogP contribution < -0.4 is 5.32 Å². The highest BCUT2D eigenvalue weighted by Gasteiger charge is 2.29. The largest absolute Gasteiger partial charge is 0.357 e. The van der Waals surface area contributed by atoms with Crippen molar-refractivity contribution >= 4 is 16.0 Å². The van der Waals surface area contributed by atoms with Gasteiger partial charge in [0.2, 0.25) is 10.0 Å². The number of likely N-dealkylation sites (tertiary alicyclic amines) is 1. The molecule has 0 saturated carbocycles. The second-order valence-electron chi connectivity index (χ2n) is 7.05. The van der Waals surface area contributed by atoms with E-state index >= 15 is 0 Å². The second kappa shape index (κ2) is 8.86. The van der Waals surface area contributed by atoms with E-state index < -0.39 is 10.0 Å². The predicted molar refractivity (Wildman–Crippen MR) is 105 cm³/mol. The molecule has 7 heteroatoms. The zero-order valence-corrected chi connectivity index (χ0v) is 16.4. The van der Waals surface area contributed by atoms with Crippen LogP contribution in [0, 0.1) is 5.92 Å². The van der Waals surface area contributed by atoms with Crippen molar-refractivity contribution in [3.05, 3.63) is 30.3 Å². The van der Waals surface area contributed by atoms with Crippen molar-refractivity contribution in [3.63, 3.8) is 0 Å². The molecule has 26 heavy (non-hydrogen) atoms. The van der Waals surface area contributed by atoms with Gasteiger partial charge in [0, 0.05) is 39.3 Å². The maximum atomic E-state index is 12.7. The van der Waals surface area contributed by atoms with E-state index in [9.17, 15) is 8.42 Å². The molecular weight excluding hydrogens is 348 g/mol. The monoisotopic (exact) mass is 378 g/mol. The molecule has 144 valence electrons. The second-order valence-corrected chi connectivity index (χ2v) is 8.99. The summed E-state index contributed by atoms with van der Waals surface area (Å²) in [6.07, 6.45) is 4.21. The zero-order chi connectivity index (χ0) is 18.4. The molecule has 2 heterocycles. The van der Waals surface area contributed by atoms with Gasteiger partial charge in [-0.05, 0) is 50.7 Å². The Morgan fingerprint density at radius 1 is 1.12 bits per heavy atom. The van der Waals surface area contributed by atoms with Gasteiger partial charge < -0.3 is 10.2 Å². The first-order chi connectivity index (χ1) is 12.6. The van der Waals surface area contributed by atoms with E-state index in [0.29, 0.717) is 23.9 Å². The minimum absolute atomic E-state index is 0.389. The van der Waals surface area contributed by atoms with Crippen LogP contribution in [0.3, 0.4) is 0 Å². The molecule has 0 radical (unpaired) electrons. The summed E-state index contributed by atoms with van der Waals surface area (Å²) in [7, 11) is -3.36. The van der Waals surface area contributed by atoms with Gasteiger partial charge in [-0.1, -0.05) is 18.2 Å². The molecule has 2 aliphatic rings. The topological polar surface area (TPSA) is 65.0 Å². The molecule has 0 amide bonds. The zero-order valence-electron chi connectivity index (χ0n) is 15.6. The van der Waals surface area contributed by atoms with Gasteiger partial charge in [-0.25, -0.2) is 8.42 Å². The van der Waals surface area contributed by atoms with E-state index in [4.69, 9.17) is 4.99 Å². The van der Waals surface area contributed by atoms with Crippen molar-refractivity contribution in [2.45, 2.75) is 37.5 Å². The third-order valence-electron chi connectivity index (χ3n) is 5.19. The van der Waals surface area contributed by atoms with Gasteiger partial charge in [-0.2, -0.15) is 4.31 Å². The van der Waals surface area contributed by atoms with Crippen LogP contribution in [0.15, 0.2) is 40.2 Å². The lowest BCUT2D eigenvalue weighted by molar-refractivity contribution is 0.278. The third kappa shape index (κ3) is 4.57. The SMILES string of the molecule is CCNC(=NCC1CCN(S(=O)(=O)c2ccccc2)CC1)N1CCCC1. The molecule has 1 N–H and O–H groups in total. The number of piperidine rings is 1. The summed E-state index contributed by atoms with van der Waals surface area (Å²) in [6.45, 7) is 7.08. The van der Waals surface area contributed by atoms with Gasteiger partial charge in [0.05, 0.1) is 4.90 Å². The lowest BCUT2D eigenvalue weighted by Gasteiger charge is -2.31. The van der Waals surface area contributed by atoms with Crippen LogP contribution in [0.2, 0.25) is 0 Å². The Bertz CT molecular complexity index is 692. The van der Waals surface area contributed by atoms with E-state index in [2.05, 4.69) is 17.1 Å². The quantitative estimate of drug-likeness (QED) is 0.630. The van der Waals surface area contributed by atoms with Crippen molar-refractivity contribution in [1.82, 2.24) is 14.5 Å². The van der Waals surface area contributed by atoms with Crippen LogP contribution in [-0.2, 0) is 10.0 Å². The molecule has 6 nitrogen and oxygen atoms in total. The minimum Gasteiger partial charge on any atom is -0.357 e. The Labute approximate surface area is 157 Å². The van der Waals surface area contributed by atoms with Crippen molar-refractivity contribution in [2.24, 2.45) is 10.9 Å². The molecule has 0 unspecified atom stereocenters. The highest BCUT2D eigenvalue weighted by molar-refractivity contribution is 7.89. The summed E-state index contributed by atoms with van der Waals surface area (Å²) in [5.41, 5.74) is 0. The Balaban J connectivity index is 1.55. The molecule has 0 aromatic heterocycles. The van der Waals surface area contributed by atoms with Crippen molar-refractivity contribution in [2.75, 3.05) is 39.3 Å². The molecule has 2 aliphatic heterocycles. The van der Waals surface area contributed by atoms with E-state index in [1.54, 1.807) is 28.6 Å². The van der Waals surface area contributed by atoms with E-state index in [0.717, 1.165) is 45.0 Å². The van der Waals surface area contributed by atoms with Gasteiger partial charge in [0.25, 0.3) is 0 Å². The lowest BCUT2D eigenvalue weighted by Crippen LogP contribution is -2.41. The first kappa shape index (κ1) is 19.2. The average Bonchev–Trinajstić information content (AvgIpc) is 3.21. The molecule has 1 aromatic carbocycles. The van der Waals surface area contributed by atoms with Crippen LogP contribution in [0.1, 0.15) is 32.6 Å². The molecule has 0 bridgehead atoms. The normalized spacial score (nSPS) is 20.5. The Morgan fingerprint density at radius 2 is 1.77 bits per heavy atom. The minimum atomic E-state index is -3.36.